The van der Waals surface area contributed by atoms with Crippen molar-refractivity contribution in [3.05, 3.63) is 16.8 Å². The Morgan fingerprint density at radius 3 is 3.00 bits per heavy atom. The number of hydrogen-bond donors (Lipinski definition) is 3. The second-order valence-electron chi connectivity index (χ2n) is 3.52. The largest absolute Gasteiger partial charge is 0.394 e. The number of hydrogen-bond acceptors (Lipinski definition) is 7. The lowest BCUT2D eigenvalue weighted by Gasteiger charge is -2.13. The first-order valence-electron chi connectivity index (χ1n) is 4.77. The van der Waals surface area contributed by atoms with Gasteiger partial charge < -0.3 is 20.7 Å². The van der Waals surface area contributed by atoms with E-state index >= 15 is 0 Å². The first kappa shape index (κ1) is 11.0. The van der Waals surface area contributed by atoms with Crippen molar-refractivity contribution in [3.63, 3.8) is 0 Å². The molecular weight excluding hydrogens is 216 g/mol. The van der Waals surface area contributed by atoms with Crippen molar-refractivity contribution in [2.24, 2.45) is 0 Å². The fraction of sp³-hybridized carbons (Fsp3) is 0.625. The molecule has 8 nitrogen and oxygen atoms in total. The van der Waals surface area contributed by atoms with Gasteiger partial charge in [0.1, 0.15) is 18.7 Å². The zero-order valence-corrected chi connectivity index (χ0v) is 8.35. The predicted octanol–water partition coefficient (Wildman–Crippen LogP) is -2.14. The molecule has 0 saturated carbocycles. The summed E-state index contributed by atoms with van der Waals surface area (Å²) in [5.41, 5.74) is 4.65. The molecule has 3 atom stereocenters. The van der Waals surface area contributed by atoms with E-state index in [1.54, 1.807) is 0 Å². The molecule has 2 unspecified atom stereocenters. The molecular formula is C8H12N4O4. The molecule has 4 N–H and O–H groups in total. The SMILES string of the molecule is Nc1ncn([C@H]2CC(O)C(CO)O2)c(=O)n1. The summed E-state index contributed by atoms with van der Waals surface area (Å²) in [7, 11) is 0. The molecule has 2 heterocycles. The van der Waals surface area contributed by atoms with Crippen LogP contribution in [0.1, 0.15) is 12.6 Å². The van der Waals surface area contributed by atoms with Gasteiger partial charge in [-0.25, -0.2) is 9.78 Å². The Labute approximate surface area is 90.3 Å². The molecule has 0 aromatic carbocycles. The Balaban J connectivity index is 2.23. The normalized spacial score (nSPS) is 29.5. The zero-order valence-electron chi connectivity index (χ0n) is 8.35. The molecule has 0 aliphatic carbocycles. The third-order valence-electron chi connectivity index (χ3n) is 2.44. The summed E-state index contributed by atoms with van der Waals surface area (Å²) < 4.78 is 6.41. The highest BCUT2D eigenvalue weighted by atomic mass is 16.5. The van der Waals surface area contributed by atoms with Crippen molar-refractivity contribution in [2.75, 3.05) is 12.3 Å². The van der Waals surface area contributed by atoms with E-state index in [4.69, 9.17) is 15.6 Å². The molecule has 88 valence electrons. The number of nitrogens with zero attached hydrogens (tertiary/aromatic N) is 3. The number of nitrogen functional groups attached to an aromatic ring is 1. The summed E-state index contributed by atoms with van der Waals surface area (Å²) in [5.74, 6) is -0.112. The number of ether oxygens (including phenoxy) is 1. The van der Waals surface area contributed by atoms with Crippen molar-refractivity contribution in [2.45, 2.75) is 24.9 Å². The molecule has 2 rings (SSSR count). The molecule has 1 aromatic heterocycles. The van der Waals surface area contributed by atoms with Crippen LogP contribution in [0, 0.1) is 0 Å². The topological polar surface area (TPSA) is 123 Å². The van der Waals surface area contributed by atoms with Gasteiger partial charge in [0.05, 0.1) is 12.7 Å². The van der Waals surface area contributed by atoms with Crippen LogP contribution in [0.3, 0.4) is 0 Å². The van der Waals surface area contributed by atoms with Gasteiger partial charge in [-0.1, -0.05) is 0 Å². The fourth-order valence-electron chi connectivity index (χ4n) is 1.60. The first-order chi connectivity index (χ1) is 7.61. The van der Waals surface area contributed by atoms with Gasteiger partial charge in [0, 0.05) is 6.42 Å². The van der Waals surface area contributed by atoms with Crippen LogP contribution in [-0.4, -0.2) is 43.6 Å². The van der Waals surface area contributed by atoms with Gasteiger partial charge in [-0.05, 0) is 0 Å². The molecule has 1 aliphatic rings. The van der Waals surface area contributed by atoms with Crippen LogP contribution in [0.4, 0.5) is 5.95 Å². The Morgan fingerprint density at radius 1 is 1.69 bits per heavy atom. The molecule has 0 amide bonds. The molecule has 0 bridgehead atoms. The van der Waals surface area contributed by atoms with Crippen LogP contribution in [0.15, 0.2) is 11.1 Å². The van der Waals surface area contributed by atoms with Crippen LogP contribution in [0.25, 0.3) is 0 Å². The average Bonchev–Trinajstić information content (AvgIpc) is 2.59. The standard InChI is InChI=1S/C8H12N4O4/c9-7-10-3-12(8(15)11-7)6-1-4(14)5(2-13)16-6/h3-6,13-14H,1-2H2,(H2,9,11,15)/t4?,5?,6-/m1/s1. The highest BCUT2D eigenvalue weighted by Gasteiger charge is 2.35. The third kappa shape index (κ3) is 1.90. The maximum atomic E-state index is 11.4. The molecule has 1 aliphatic heterocycles. The Bertz CT molecular complexity index is 434. The van der Waals surface area contributed by atoms with Crippen LogP contribution >= 0.6 is 0 Å². The van der Waals surface area contributed by atoms with Crippen molar-refractivity contribution in [1.82, 2.24) is 14.5 Å². The molecule has 1 aromatic rings. The number of anilines is 1. The van der Waals surface area contributed by atoms with Gasteiger partial charge in [0.15, 0.2) is 0 Å². The van der Waals surface area contributed by atoms with Crippen LogP contribution in [-0.2, 0) is 4.74 Å². The fourth-order valence-corrected chi connectivity index (χ4v) is 1.60. The molecule has 0 radical (unpaired) electrons. The van der Waals surface area contributed by atoms with Crippen molar-refractivity contribution < 1.29 is 14.9 Å². The van der Waals surface area contributed by atoms with Gasteiger partial charge in [0.25, 0.3) is 0 Å². The lowest BCUT2D eigenvalue weighted by Crippen LogP contribution is -2.28. The zero-order chi connectivity index (χ0) is 11.7. The smallest absolute Gasteiger partial charge is 0.354 e. The average molecular weight is 228 g/mol. The van der Waals surface area contributed by atoms with Crippen LogP contribution in [0.2, 0.25) is 0 Å². The van der Waals surface area contributed by atoms with E-state index in [9.17, 15) is 9.90 Å². The Kier molecular flexibility index (Phi) is 2.86. The van der Waals surface area contributed by atoms with Gasteiger partial charge in [-0.15, -0.1) is 0 Å². The summed E-state index contributed by atoms with van der Waals surface area (Å²) >= 11 is 0. The summed E-state index contributed by atoms with van der Waals surface area (Å²) in [6.07, 6.45) is -0.741. The van der Waals surface area contributed by atoms with Gasteiger partial charge in [-0.2, -0.15) is 4.98 Å². The summed E-state index contributed by atoms with van der Waals surface area (Å²) in [6.45, 7) is -0.303. The molecule has 16 heavy (non-hydrogen) atoms. The van der Waals surface area contributed by atoms with Crippen molar-refractivity contribution in [3.8, 4) is 0 Å². The highest BCUT2D eigenvalue weighted by molar-refractivity contribution is 5.09. The predicted molar refractivity (Wildman–Crippen MR) is 52.3 cm³/mol. The van der Waals surface area contributed by atoms with Crippen molar-refractivity contribution in [1.29, 1.82) is 0 Å². The van der Waals surface area contributed by atoms with E-state index in [-0.39, 0.29) is 19.0 Å². The van der Waals surface area contributed by atoms with Crippen molar-refractivity contribution >= 4 is 5.95 Å². The number of nitrogens with two attached hydrogens (primary N) is 1. The van der Waals surface area contributed by atoms with E-state index in [1.807, 2.05) is 0 Å². The minimum absolute atomic E-state index is 0.112. The maximum absolute atomic E-state index is 11.4. The monoisotopic (exact) mass is 228 g/mol. The van der Waals surface area contributed by atoms with Crippen LogP contribution < -0.4 is 11.4 Å². The van der Waals surface area contributed by atoms with Gasteiger partial charge in [-0.3, -0.25) is 4.57 Å². The Morgan fingerprint density at radius 2 is 2.44 bits per heavy atom. The Hall–Kier alpha value is -1.51. The number of aliphatic hydroxyl groups is 2. The number of rotatable bonds is 2. The quantitative estimate of drug-likeness (QED) is 0.527. The van der Waals surface area contributed by atoms with Gasteiger partial charge in [0.2, 0.25) is 5.95 Å². The molecule has 8 heteroatoms. The second kappa shape index (κ2) is 4.16. The summed E-state index contributed by atoms with van der Waals surface area (Å²) in [5, 5.41) is 18.4. The van der Waals surface area contributed by atoms with E-state index in [0.29, 0.717) is 0 Å². The highest BCUT2D eigenvalue weighted by Crippen LogP contribution is 2.26. The second-order valence-corrected chi connectivity index (χ2v) is 3.52. The molecule has 0 spiro atoms. The van der Waals surface area contributed by atoms with Crippen LogP contribution in [0.5, 0.6) is 0 Å². The minimum atomic E-state index is -0.806. The summed E-state index contributed by atoms with van der Waals surface area (Å²) in [6, 6.07) is 0. The van der Waals surface area contributed by atoms with E-state index in [1.165, 1.54) is 6.33 Å². The lowest BCUT2D eigenvalue weighted by atomic mass is 10.2. The first-order valence-corrected chi connectivity index (χ1v) is 4.77. The van der Waals surface area contributed by atoms with E-state index < -0.39 is 24.1 Å². The molecule has 1 saturated heterocycles. The number of aromatic nitrogens is 3. The third-order valence-corrected chi connectivity index (χ3v) is 2.44. The number of aliphatic hydroxyl groups excluding tert-OH is 2. The van der Waals surface area contributed by atoms with Gasteiger partial charge >= 0.3 is 5.69 Å². The lowest BCUT2D eigenvalue weighted by molar-refractivity contribution is -0.0462. The van der Waals surface area contributed by atoms with E-state index in [2.05, 4.69) is 9.97 Å². The van der Waals surface area contributed by atoms with E-state index in [0.717, 1.165) is 4.57 Å². The maximum Gasteiger partial charge on any atom is 0.354 e. The minimum Gasteiger partial charge on any atom is -0.394 e. The molecule has 1 fully saturated rings. The summed E-state index contributed by atoms with van der Waals surface area (Å²) in [4.78, 5) is 18.5.